The van der Waals surface area contributed by atoms with Gasteiger partial charge in [0.25, 0.3) is 0 Å². The fourth-order valence-electron chi connectivity index (χ4n) is 2.34. The predicted octanol–water partition coefficient (Wildman–Crippen LogP) is 2.03. The molecule has 0 rings (SSSR count). The van der Waals surface area contributed by atoms with Crippen molar-refractivity contribution in [3.05, 3.63) is 0 Å². The van der Waals surface area contributed by atoms with Crippen molar-refractivity contribution in [1.29, 1.82) is 0 Å². The first kappa shape index (κ1) is 29.3. The second-order valence-electron chi connectivity index (χ2n) is 6.12. The lowest BCUT2D eigenvalue weighted by Crippen LogP contribution is -2.42. The molecule has 0 N–H and O–H groups in total. The van der Waals surface area contributed by atoms with Crippen molar-refractivity contribution in [3.8, 4) is 0 Å². The molecule has 0 bridgehead atoms. The van der Waals surface area contributed by atoms with Gasteiger partial charge in [-0.3, -0.25) is 14.4 Å². The van der Waals surface area contributed by atoms with E-state index in [1.165, 1.54) is 0 Å². The van der Waals surface area contributed by atoms with Crippen LogP contribution in [-0.2, 0) is 42.8 Å². The number of thiol groups is 3. The van der Waals surface area contributed by atoms with Gasteiger partial charge in [-0.15, -0.1) is 0 Å². The monoisotopic (exact) mass is 488 g/mol. The van der Waals surface area contributed by atoms with Gasteiger partial charge in [-0.25, -0.2) is 0 Å². The number of carbonyl (C=O) groups is 3. The largest absolute Gasteiger partial charge is 0.435 e. The summed E-state index contributed by atoms with van der Waals surface area (Å²) < 4.78 is 32.4. The first-order valence-corrected chi connectivity index (χ1v) is 11.4. The van der Waals surface area contributed by atoms with Crippen LogP contribution in [0.5, 0.6) is 0 Å². The van der Waals surface area contributed by atoms with Crippen molar-refractivity contribution in [3.63, 3.8) is 0 Å². The Labute approximate surface area is 194 Å². The molecule has 0 fully saturated rings. The zero-order valence-corrected chi connectivity index (χ0v) is 20.3. The van der Waals surface area contributed by atoms with Gasteiger partial charge in [-0.2, -0.15) is 37.9 Å². The van der Waals surface area contributed by atoms with Gasteiger partial charge < -0.3 is 28.4 Å². The number of esters is 3. The Morgan fingerprint density at radius 2 is 1.10 bits per heavy atom. The van der Waals surface area contributed by atoms with Gasteiger partial charge in [-0.05, 0) is 27.2 Å². The maximum absolute atomic E-state index is 11.5. The van der Waals surface area contributed by atoms with Gasteiger partial charge in [-0.1, -0.05) is 13.3 Å². The summed E-state index contributed by atoms with van der Waals surface area (Å²) in [7, 11) is 0. The van der Waals surface area contributed by atoms with Crippen LogP contribution in [0.25, 0.3) is 0 Å². The maximum atomic E-state index is 11.5. The fraction of sp³-hybridized carbons (Fsp3) is 0.833. The van der Waals surface area contributed by atoms with E-state index in [4.69, 9.17) is 28.4 Å². The third-order valence-electron chi connectivity index (χ3n) is 3.50. The molecule has 0 aromatic carbocycles. The molecule has 0 aromatic heterocycles. The SMILES string of the molecule is CCCC(OC(C)OC(=O)CS)C(COC(C)OC(=O)CS)OC(C)OC(=O)CS. The minimum atomic E-state index is -0.910. The molecule has 176 valence electrons. The number of hydrogen-bond acceptors (Lipinski definition) is 12. The van der Waals surface area contributed by atoms with Crippen molar-refractivity contribution in [2.75, 3.05) is 23.9 Å². The van der Waals surface area contributed by atoms with Crippen LogP contribution in [0.1, 0.15) is 40.5 Å². The van der Waals surface area contributed by atoms with E-state index in [1.54, 1.807) is 20.8 Å². The lowest BCUT2D eigenvalue weighted by Gasteiger charge is -2.31. The Morgan fingerprint density at radius 1 is 0.700 bits per heavy atom. The van der Waals surface area contributed by atoms with Gasteiger partial charge in [0.05, 0.1) is 30.0 Å². The Balaban J connectivity index is 5.20. The van der Waals surface area contributed by atoms with Gasteiger partial charge >= 0.3 is 17.9 Å². The molecule has 0 heterocycles. The highest BCUT2D eigenvalue weighted by Gasteiger charge is 2.29. The van der Waals surface area contributed by atoms with Crippen molar-refractivity contribution in [1.82, 2.24) is 0 Å². The second-order valence-corrected chi connectivity index (χ2v) is 7.07. The Kier molecular flexibility index (Phi) is 16.6. The highest BCUT2D eigenvalue weighted by atomic mass is 32.1. The van der Waals surface area contributed by atoms with Gasteiger partial charge in [0, 0.05) is 0 Å². The minimum Gasteiger partial charge on any atom is -0.435 e. The fourth-order valence-corrected chi connectivity index (χ4v) is 2.56. The number of ether oxygens (including phenoxy) is 6. The molecule has 0 saturated heterocycles. The minimum absolute atomic E-state index is 0.0400. The summed E-state index contributed by atoms with van der Waals surface area (Å²) in [5.41, 5.74) is 0. The molecule has 5 atom stereocenters. The highest BCUT2D eigenvalue weighted by Crippen LogP contribution is 2.18. The van der Waals surface area contributed by atoms with Crippen molar-refractivity contribution >= 4 is 55.8 Å². The average molecular weight is 489 g/mol. The molecular weight excluding hydrogens is 456 g/mol. The van der Waals surface area contributed by atoms with E-state index in [0.29, 0.717) is 6.42 Å². The van der Waals surface area contributed by atoms with Crippen LogP contribution in [0.3, 0.4) is 0 Å². The summed E-state index contributed by atoms with van der Waals surface area (Å²) >= 11 is 11.6. The second kappa shape index (κ2) is 17.0. The third kappa shape index (κ3) is 13.6. The van der Waals surface area contributed by atoms with E-state index in [2.05, 4.69) is 37.9 Å². The van der Waals surface area contributed by atoms with Crippen molar-refractivity contribution < 1.29 is 42.8 Å². The predicted molar refractivity (Wildman–Crippen MR) is 119 cm³/mol. The lowest BCUT2D eigenvalue weighted by atomic mass is 10.1. The topological polar surface area (TPSA) is 107 Å². The smallest absolute Gasteiger partial charge is 0.317 e. The van der Waals surface area contributed by atoms with Crippen molar-refractivity contribution in [2.24, 2.45) is 0 Å². The average Bonchev–Trinajstić information content (AvgIpc) is 2.70. The quantitative estimate of drug-likeness (QED) is 0.130. The van der Waals surface area contributed by atoms with Gasteiger partial charge in [0.1, 0.15) is 6.10 Å². The zero-order chi connectivity index (χ0) is 23.1. The number of rotatable bonds is 16. The molecule has 0 aliphatic carbocycles. The van der Waals surface area contributed by atoms with E-state index in [0.717, 1.165) is 6.42 Å². The van der Waals surface area contributed by atoms with Gasteiger partial charge in [0.2, 0.25) is 12.6 Å². The molecule has 30 heavy (non-hydrogen) atoms. The van der Waals surface area contributed by atoms with E-state index in [-0.39, 0.29) is 23.9 Å². The maximum Gasteiger partial charge on any atom is 0.317 e. The Morgan fingerprint density at radius 3 is 1.50 bits per heavy atom. The zero-order valence-electron chi connectivity index (χ0n) is 17.6. The molecule has 0 spiro atoms. The summed E-state index contributed by atoms with van der Waals surface area (Å²) in [4.78, 5) is 34.3. The summed E-state index contributed by atoms with van der Waals surface area (Å²) in [6, 6.07) is 0. The van der Waals surface area contributed by atoms with E-state index < -0.39 is 49.0 Å². The first-order valence-electron chi connectivity index (χ1n) is 9.50. The molecular formula is C18H32O9S3. The molecule has 5 unspecified atom stereocenters. The van der Waals surface area contributed by atoms with Crippen LogP contribution >= 0.6 is 37.9 Å². The Hall–Kier alpha value is -0.660. The van der Waals surface area contributed by atoms with Crippen LogP contribution < -0.4 is 0 Å². The van der Waals surface area contributed by atoms with Crippen LogP contribution in [0.4, 0.5) is 0 Å². The third-order valence-corrected chi connectivity index (χ3v) is 4.27. The molecule has 9 nitrogen and oxygen atoms in total. The highest BCUT2D eigenvalue weighted by molar-refractivity contribution is 7.81. The first-order chi connectivity index (χ1) is 14.2. The number of carbonyl (C=O) groups excluding carboxylic acids is 3. The normalized spacial score (nSPS) is 16.1. The molecule has 12 heteroatoms. The van der Waals surface area contributed by atoms with Crippen LogP contribution in [0.15, 0.2) is 0 Å². The van der Waals surface area contributed by atoms with Crippen LogP contribution in [0, 0.1) is 0 Å². The van der Waals surface area contributed by atoms with E-state index in [1.807, 2.05) is 6.92 Å². The van der Waals surface area contributed by atoms with Gasteiger partial charge in [0.15, 0.2) is 6.29 Å². The summed E-state index contributed by atoms with van der Waals surface area (Å²) in [5.74, 6) is -1.88. The van der Waals surface area contributed by atoms with E-state index in [9.17, 15) is 14.4 Å². The van der Waals surface area contributed by atoms with Crippen molar-refractivity contribution in [2.45, 2.75) is 71.6 Å². The summed E-state index contributed by atoms with van der Waals surface area (Å²) in [5, 5.41) is 0. The summed E-state index contributed by atoms with van der Waals surface area (Å²) in [6.07, 6.45) is -2.65. The molecule has 0 amide bonds. The molecule has 0 aliphatic heterocycles. The molecule has 0 radical (unpaired) electrons. The van der Waals surface area contributed by atoms with Crippen LogP contribution in [0.2, 0.25) is 0 Å². The molecule has 0 saturated carbocycles. The number of hydrogen-bond donors (Lipinski definition) is 3. The molecule has 0 aliphatic rings. The Bertz CT molecular complexity index is 521. The summed E-state index contributed by atoms with van der Waals surface area (Å²) in [6.45, 7) is 6.58. The molecule has 0 aromatic rings. The standard InChI is InChI=1S/C18H32O9S3/c1-5-6-14(23-12(3)26-17(20)9-29)15(24-13(4)27-18(21)10-30)7-22-11(2)25-16(19)8-28/h11-15,28-30H,5-10H2,1-4H3. The van der Waals surface area contributed by atoms with Crippen LogP contribution in [-0.4, -0.2) is 72.9 Å². The van der Waals surface area contributed by atoms with E-state index >= 15 is 0 Å². The lowest BCUT2D eigenvalue weighted by molar-refractivity contribution is -0.242.